The summed E-state index contributed by atoms with van der Waals surface area (Å²) in [6, 6.07) is 1.84. The van der Waals surface area contributed by atoms with Crippen LogP contribution >= 0.6 is 23.5 Å². The average molecular weight is 254 g/mol. The van der Waals surface area contributed by atoms with Crippen LogP contribution in [0.4, 0.5) is 5.82 Å². The maximum Gasteiger partial charge on any atom is 0.180 e. The highest BCUT2D eigenvalue weighted by Crippen LogP contribution is 2.28. The Balaban J connectivity index is 2.26. The number of nitrogen functional groups attached to an aromatic ring is 1. The Kier molecular flexibility index (Phi) is 3.76. The molecular formula is C11H14N2OS2. The molecule has 0 aliphatic carbocycles. The molecule has 0 amide bonds. The normalized spacial score (nSPS) is 20.7. The molecule has 0 spiro atoms. The lowest BCUT2D eigenvalue weighted by molar-refractivity contribution is 0.0995. The first-order valence-corrected chi connectivity index (χ1v) is 7.35. The molecule has 86 valence electrons. The summed E-state index contributed by atoms with van der Waals surface area (Å²) in [5, 5.41) is 0.0453. The largest absolute Gasteiger partial charge is 0.383 e. The fraction of sp³-hybridized carbons (Fsp3) is 0.455. The second-order valence-corrected chi connectivity index (χ2v) is 6.15. The van der Waals surface area contributed by atoms with E-state index in [1.807, 2.05) is 24.8 Å². The first kappa shape index (κ1) is 11.8. The highest BCUT2D eigenvalue weighted by molar-refractivity contribution is 8.07. The first-order chi connectivity index (χ1) is 7.70. The van der Waals surface area contributed by atoms with Crippen molar-refractivity contribution in [3.63, 3.8) is 0 Å². The number of carbonyl (C=O) groups excluding carboxylic acids is 1. The highest BCUT2D eigenvalue weighted by Gasteiger charge is 2.26. The van der Waals surface area contributed by atoms with Crippen LogP contribution < -0.4 is 5.73 Å². The number of pyridine rings is 1. The van der Waals surface area contributed by atoms with Gasteiger partial charge in [-0.25, -0.2) is 4.98 Å². The van der Waals surface area contributed by atoms with Crippen LogP contribution in [0.2, 0.25) is 0 Å². The number of anilines is 1. The predicted octanol–water partition coefficient (Wildman–Crippen LogP) is 2.00. The van der Waals surface area contributed by atoms with Crippen molar-refractivity contribution in [1.82, 2.24) is 4.98 Å². The van der Waals surface area contributed by atoms with Crippen molar-refractivity contribution in [2.45, 2.75) is 12.2 Å². The molecule has 1 unspecified atom stereocenters. The molecule has 1 fully saturated rings. The van der Waals surface area contributed by atoms with Gasteiger partial charge in [-0.1, -0.05) is 0 Å². The number of aryl methyl sites for hydroxylation is 1. The Morgan fingerprint density at radius 1 is 1.56 bits per heavy atom. The van der Waals surface area contributed by atoms with Crippen molar-refractivity contribution in [3.8, 4) is 0 Å². The molecule has 0 saturated carbocycles. The van der Waals surface area contributed by atoms with Gasteiger partial charge in [-0.15, -0.1) is 11.8 Å². The van der Waals surface area contributed by atoms with Crippen LogP contribution in [0.25, 0.3) is 0 Å². The molecule has 1 aliphatic rings. The van der Waals surface area contributed by atoms with E-state index in [9.17, 15) is 4.79 Å². The summed E-state index contributed by atoms with van der Waals surface area (Å²) in [6.45, 7) is 1.91. The van der Waals surface area contributed by atoms with Crippen LogP contribution in [0.5, 0.6) is 0 Å². The maximum atomic E-state index is 12.3. The Hall–Kier alpha value is -0.680. The molecular weight excluding hydrogens is 240 g/mol. The number of thioether (sulfide) groups is 2. The molecule has 1 aromatic rings. The molecule has 2 heterocycles. The van der Waals surface area contributed by atoms with Gasteiger partial charge in [-0.2, -0.15) is 11.8 Å². The number of nitrogens with two attached hydrogens (primary N) is 1. The summed E-state index contributed by atoms with van der Waals surface area (Å²) >= 11 is 3.56. The molecule has 2 rings (SSSR count). The minimum absolute atomic E-state index is 0.0453. The maximum absolute atomic E-state index is 12.3. The van der Waals surface area contributed by atoms with E-state index < -0.39 is 0 Å². The van der Waals surface area contributed by atoms with Crippen molar-refractivity contribution in [1.29, 1.82) is 0 Å². The molecule has 16 heavy (non-hydrogen) atoms. The summed E-state index contributed by atoms with van der Waals surface area (Å²) in [4.78, 5) is 16.3. The van der Waals surface area contributed by atoms with E-state index in [0.717, 1.165) is 22.8 Å². The fourth-order valence-corrected chi connectivity index (χ4v) is 4.32. The monoisotopic (exact) mass is 254 g/mol. The Morgan fingerprint density at radius 2 is 2.38 bits per heavy atom. The number of hydrogen-bond acceptors (Lipinski definition) is 5. The lowest BCUT2D eigenvalue weighted by atomic mass is 10.0. The highest BCUT2D eigenvalue weighted by atomic mass is 32.2. The minimum Gasteiger partial charge on any atom is -0.383 e. The van der Waals surface area contributed by atoms with E-state index in [2.05, 4.69) is 4.98 Å². The zero-order chi connectivity index (χ0) is 11.5. The van der Waals surface area contributed by atoms with Gasteiger partial charge in [-0.05, 0) is 18.6 Å². The summed E-state index contributed by atoms with van der Waals surface area (Å²) in [5.74, 6) is 3.56. The average Bonchev–Trinajstić information content (AvgIpc) is 2.30. The summed E-state index contributed by atoms with van der Waals surface area (Å²) in [5.41, 5.74) is 7.32. The Bertz CT molecular complexity index is 383. The number of nitrogens with zero attached hydrogens (tertiary/aromatic N) is 1. The van der Waals surface area contributed by atoms with Gasteiger partial charge in [0.1, 0.15) is 5.82 Å². The van der Waals surface area contributed by atoms with Gasteiger partial charge in [0.25, 0.3) is 0 Å². The van der Waals surface area contributed by atoms with Crippen molar-refractivity contribution in [3.05, 3.63) is 23.4 Å². The van der Waals surface area contributed by atoms with Gasteiger partial charge >= 0.3 is 0 Å². The van der Waals surface area contributed by atoms with E-state index in [4.69, 9.17) is 5.73 Å². The van der Waals surface area contributed by atoms with Crippen LogP contribution in [0.15, 0.2) is 12.3 Å². The molecule has 1 atom stereocenters. The van der Waals surface area contributed by atoms with Crippen molar-refractivity contribution in [2.24, 2.45) is 0 Å². The third kappa shape index (κ3) is 2.35. The van der Waals surface area contributed by atoms with E-state index in [-0.39, 0.29) is 11.0 Å². The second-order valence-electron chi connectivity index (χ2n) is 3.69. The molecule has 3 nitrogen and oxygen atoms in total. The zero-order valence-corrected chi connectivity index (χ0v) is 10.7. The van der Waals surface area contributed by atoms with Crippen molar-refractivity contribution < 1.29 is 4.79 Å². The third-order valence-corrected chi connectivity index (χ3v) is 5.30. The van der Waals surface area contributed by atoms with E-state index >= 15 is 0 Å². The standard InChI is InChI=1S/C11H14N2OS2/c1-7-2-3-13-11(12)9(7)10(14)8-6-15-4-5-16-8/h2-3,8H,4-6H2,1H3,(H2,12,13). The lowest BCUT2D eigenvalue weighted by Crippen LogP contribution is -2.26. The first-order valence-electron chi connectivity index (χ1n) is 5.15. The lowest BCUT2D eigenvalue weighted by Gasteiger charge is -2.20. The van der Waals surface area contributed by atoms with Gasteiger partial charge in [-0.3, -0.25) is 4.79 Å². The molecule has 5 heteroatoms. The number of Topliss-reactive ketones (excluding diaryl/α,β-unsaturated/α-hetero) is 1. The molecule has 0 radical (unpaired) electrons. The van der Waals surface area contributed by atoms with Crippen molar-refractivity contribution in [2.75, 3.05) is 23.0 Å². The van der Waals surface area contributed by atoms with Crippen LogP contribution in [-0.2, 0) is 0 Å². The number of carbonyl (C=O) groups is 1. The molecule has 1 aliphatic heterocycles. The Morgan fingerprint density at radius 3 is 3.00 bits per heavy atom. The van der Waals surface area contributed by atoms with Gasteiger partial charge in [0.2, 0.25) is 0 Å². The van der Waals surface area contributed by atoms with Crippen LogP contribution in [-0.4, -0.2) is 33.3 Å². The molecule has 0 aromatic carbocycles. The van der Waals surface area contributed by atoms with Crippen LogP contribution in [0, 0.1) is 6.92 Å². The van der Waals surface area contributed by atoms with Gasteiger partial charge in [0, 0.05) is 23.5 Å². The number of hydrogen-bond donors (Lipinski definition) is 1. The van der Waals surface area contributed by atoms with E-state index in [1.54, 1.807) is 18.0 Å². The summed E-state index contributed by atoms with van der Waals surface area (Å²) < 4.78 is 0. The topological polar surface area (TPSA) is 56.0 Å². The number of rotatable bonds is 2. The van der Waals surface area contributed by atoms with Gasteiger partial charge < -0.3 is 5.73 Å². The predicted molar refractivity (Wildman–Crippen MR) is 71.3 cm³/mol. The quantitative estimate of drug-likeness (QED) is 0.818. The van der Waals surface area contributed by atoms with Crippen molar-refractivity contribution >= 4 is 35.1 Å². The van der Waals surface area contributed by atoms with Crippen LogP contribution in [0.1, 0.15) is 15.9 Å². The molecule has 2 N–H and O–H groups in total. The molecule has 1 aromatic heterocycles. The van der Waals surface area contributed by atoms with E-state index in [0.29, 0.717) is 11.4 Å². The summed E-state index contributed by atoms with van der Waals surface area (Å²) in [7, 11) is 0. The third-order valence-electron chi connectivity index (χ3n) is 2.54. The minimum atomic E-state index is 0.0453. The molecule has 0 bridgehead atoms. The van der Waals surface area contributed by atoms with Gasteiger partial charge in [0.15, 0.2) is 5.78 Å². The fourth-order valence-electron chi connectivity index (χ4n) is 1.70. The van der Waals surface area contributed by atoms with Gasteiger partial charge in [0.05, 0.1) is 10.8 Å². The number of ketones is 1. The SMILES string of the molecule is Cc1ccnc(N)c1C(=O)C1CSCCS1. The van der Waals surface area contributed by atoms with E-state index in [1.165, 1.54) is 0 Å². The molecule has 1 saturated heterocycles. The number of aromatic nitrogens is 1. The van der Waals surface area contributed by atoms with Crippen LogP contribution in [0.3, 0.4) is 0 Å². The summed E-state index contributed by atoms with van der Waals surface area (Å²) in [6.07, 6.45) is 1.64. The zero-order valence-electron chi connectivity index (χ0n) is 9.10. The Labute approximate surface area is 104 Å². The smallest absolute Gasteiger partial charge is 0.180 e. The second kappa shape index (κ2) is 5.10.